The number of hydrogen-bond donors (Lipinski definition) is 0. The second-order valence-electron chi connectivity index (χ2n) is 5.11. The van der Waals surface area contributed by atoms with Crippen molar-refractivity contribution in [1.82, 2.24) is 0 Å². The first kappa shape index (κ1) is 6.86. The third-order valence-electron chi connectivity index (χ3n) is 4.70. The number of hydrogen-bond acceptors (Lipinski definition) is 0. The van der Waals surface area contributed by atoms with E-state index in [1.54, 1.807) is 12.8 Å². The van der Waals surface area contributed by atoms with Gasteiger partial charge in [-0.05, 0) is 49.4 Å². The summed E-state index contributed by atoms with van der Waals surface area (Å²) in [5, 5.41) is 0. The minimum atomic E-state index is 1.03. The van der Waals surface area contributed by atoms with E-state index in [4.69, 9.17) is 0 Å². The summed E-state index contributed by atoms with van der Waals surface area (Å²) >= 11 is 2.70. The third-order valence-corrected chi connectivity index (χ3v) is 6.14. The molecule has 4 aliphatic rings. The van der Waals surface area contributed by atoms with Gasteiger partial charge in [0.05, 0.1) is 0 Å². The fourth-order valence-electron chi connectivity index (χ4n) is 4.26. The highest BCUT2D eigenvalue weighted by Crippen LogP contribution is 2.67. The van der Waals surface area contributed by atoms with Gasteiger partial charge in [-0.1, -0.05) is 33.7 Å². The van der Waals surface area contributed by atoms with Crippen molar-refractivity contribution in [1.29, 1.82) is 0 Å². The fourth-order valence-corrected chi connectivity index (χ4v) is 5.74. The van der Waals surface area contributed by atoms with Crippen molar-refractivity contribution in [2.24, 2.45) is 23.7 Å². The molecule has 0 saturated heterocycles. The van der Waals surface area contributed by atoms with E-state index in [0.29, 0.717) is 0 Å². The highest BCUT2D eigenvalue weighted by Gasteiger charge is 2.58. The molecule has 2 saturated carbocycles. The van der Waals surface area contributed by atoms with Crippen molar-refractivity contribution in [3.05, 3.63) is 11.1 Å². The van der Waals surface area contributed by atoms with Crippen LogP contribution in [-0.2, 0) is 0 Å². The summed E-state index contributed by atoms with van der Waals surface area (Å²) in [5.41, 5.74) is 3.81. The molecule has 4 aliphatic carbocycles. The second kappa shape index (κ2) is 1.94. The maximum atomic E-state index is 2.70. The van der Waals surface area contributed by atoms with Crippen LogP contribution in [-0.4, -0.2) is 3.92 Å². The van der Waals surface area contributed by atoms with Gasteiger partial charge in [0, 0.05) is 3.92 Å². The molecule has 0 spiro atoms. The van der Waals surface area contributed by atoms with Gasteiger partial charge >= 0.3 is 0 Å². The van der Waals surface area contributed by atoms with E-state index in [2.05, 4.69) is 22.6 Å². The Hall–Kier alpha value is 0.470. The molecular weight excluding hydrogens is 259 g/mol. The SMILES string of the molecule is I[C@@H]1CC2CC1C1CC3=C(C3)C21. The molecule has 0 amide bonds. The van der Waals surface area contributed by atoms with E-state index in [0.717, 1.165) is 27.6 Å². The number of alkyl halides is 1. The molecule has 0 nitrogen and oxygen atoms in total. The average molecular weight is 272 g/mol. The Balaban J connectivity index is 1.76. The Labute approximate surface area is 86.9 Å². The maximum absolute atomic E-state index is 2.70. The molecule has 12 heavy (non-hydrogen) atoms. The molecule has 2 bridgehead atoms. The van der Waals surface area contributed by atoms with Gasteiger partial charge in [0.15, 0.2) is 0 Å². The predicted octanol–water partition coefficient (Wildman–Crippen LogP) is 3.17. The molecule has 5 atom stereocenters. The van der Waals surface area contributed by atoms with Crippen LogP contribution in [0.5, 0.6) is 0 Å². The Morgan fingerprint density at radius 1 is 1.17 bits per heavy atom. The number of allylic oxidation sites excluding steroid dienone is 2. The zero-order chi connectivity index (χ0) is 7.87. The number of rotatable bonds is 0. The van der Waals surface area contributed by atoms with Crippen LogP contribution < -0.4 is 0 Å². The minimum absolute atomic E-state index is 1.03. The predicted molar refractivity (Wildman–Crippen MR) is 57.3 cm³/mol. The van der Waals surface area contributed by atoms with Crippen LogP contribution >= 0.6 is 22.6 Å². The van der Waals surface area contributed by atoms with E-state index in [9.17, 15) is 0 Å². The quantitative estimate of drug-likeness (QED) is 0.361. The van der Waals surface area contributed by atoms with Gasteiger partial charge in [-0.25, -0.2) is 0 Å². The minimum Gasteiger partial charge on any atom is -0.0823 e. The van der Waals surface area contributed by atoms with Crippen LogP contribution in [0.2, 0.25) is 0 Å². The summed E-state index contributed by atoms with van der Waals surface area (Å²) in [6.45, 7) is 0. The summed E-state index contributed by atoms with van der Waals surface area (Å²) in [5.74, 6) is 4.48. The topological polar surface area (TPSA) is 0 Å². The zero-order valence-electron chi connectivity index (χ0n) is 7.09. The first-order valence-electron chi connectivity index (χ1n) is 5.19. The molecule has 0 aromatic heterocycles. The first-order valence-corrected chi connectivity index (χ1v) is 6.44. The maximum Gasteiger partial charge on any atom is 0.0144 e. The van der Waals surface area contributed by atoms with Crippen LogP contribution in [0.15, 0.2) is 11.1 Å². The summed E-state index contributed by atoms with van der Waals surface area (Å²) in [6.07, 6.45) is 6.10. The zero-order valence-corrected chi connectivity index (χ0v) is 9.25. The summed E-state index contributed by atoms with van der Waals surface area (Å²) in [4.78, 5) is 0. The van der Waals surface area contributed by atoms with Crippen LogP contribution in [0.1, 0.15) is 25.7 Å². The third kappa shape index (κ3) is 0.634. The second-order valence-corrected chi connectivity index (χ2v) is 6.71. The smallest absolute Gasteiger partial charge is 0.0144 e. The first-order chi connectivity index (χ1) is 5.84. The lowest BCUT2D eigenvalue weighted by Crippen LogP contribution is -2.26. The molecule has 2 fully saturated rings. The largest absolute Gasteiger partial charge is 0.0823 e. The molecular formula is C11H13I. The van der Waals surface area contributed by atoms with Gasteiger partial charge in [-0.15, -0.1) is 0 Å². The summed E-state index contributed by atoms with van der Waals surface area (Å²) < 4.78 is 1.03. The number of halogens is 1. The molecule has 64 valence electrons. The van der Waals surface area contributed by atoms with Crippen molar-refractivity contribution in [2.45, 2.75) is 29.6 Å². The fraction of sp³-hybridized carbons (Fsp3) is 0.818. The van der Waals surface area contributed by atoms with Crippen molar-refractivity contribution in [3.63, 3.8) is 0 Å². The van der Waals surface area contributed by atoms with Crippen LogP contribution in [0.4, 0.5) is 0 Å². The standard InChI is InChI=1S/C11H13I/c12-10-4-6-3-8(10)9-2-5-1-7(5)11(6)9/h6,8-11H,1-4H2/t6?,8?,9?,10-,11?/m1/s1. The van der Waals surface area contributed by atoms with Gasteiger partial charge < -0.3 is 0 Å². The van der Waals surface area contributed by atoms with Gasteiger partial charge in [0.2, 0.25) is 0 Å². The highest BCUT2D eigenvalue weighted by atomic mass is 127. The van der Waals surface area contributed by atoms with Gasteiger partial charge in [-0.2, -0.15) is 0 Å². The molecule has 1 heteroatoms. The lowest BCUT2D eigenvalue weighted by molar-refractivity contribution is 0.278. The molecule has 4 unspecified atom stereocenters. The summed E-state index contributed by atoms with van der Waals surface area (Å²) in [6, 6.07) is 0. The Morgan fingerprint density at radius 2 is 2.08 bits per heavy atom. The lowest BCUT2D eigenvalue weighted by atomic mass is 9.77. The summed E-state index contributed by atoms with van der Waals surface area (Å²) in [7, 11) is 0. The molecule has 4 rings (SSSR count). The van der Waals surface area contributed by atoms with Gasteiger partial charge in [0.25, 0.3) is 0 Å². The van der Waals surface area contributed by atoms with Crippen molar-refractivity contribution in [3.8, 4) is 0 Å². The van der Waals surface area contributed by atoms with Gasteiger partial charge in [0.1, 0.15) is 0 Å². The Morgan fingerprint density at radius 3 is 3.00 bits per heavy atom. The average Bonchev–Trinajstić information content (AvgIpc) is 2.43. The molecule has 0 radical (unpaired) electrons. The van der Waals surface area contributed by atoms with Gasteiger partial charge in [-0.3, -0.25) is 0 Å². The Kier molecular flexibility index (Phi) is 1.11. The van der Waals surface area contributed by atoms with Crippen molar-refractivity contribution in [2.75, 3.05) is 0 Å². The lowest BCUT2D eigenvalue weighted by Gasteiger charge is -2.30. The molecule has 0 aliphatic heterocycles. The van der Waals surface area contributed by atoms with Crippen molar-refractivity contribution >= 4 is 22.6 Å². The monoisotopic (exact) mass is 272 g/mol. The van der Waals surface area contributed by atoms with E-state index in [1.807, 2.05) is 11.1 Å². The molecule has 0 aromatic rings. The van der Waals surface area contributed by atoms with E-state index >= 15 is 0 Å². The van der Waals surface area contributed by atoms with Crippen LogP contribution in [0.3, 0.4) is 0 Å². The molecule has 0 aromatic carbocycles. The number of fused-ring (bicyclic) bond motifs is 6. The van der Waals surface area contributed by atoms with Crippen molar-refractivity contribution < 1.29 is 0 Å². The highest BCUT2D eigenvalue weighted by molar-refractivity contribution is 14.1. The Bertz CT molecular complexity index is 291. The van der Waals surface area contributed by atoms with E-state index < -0.39 is 0 Å². The van der Waals surface area contributed by atoms with Crippen LogP contribution in [0, 0.1) is 23.7 Å². The van der Waals surface area contributed by atoms with Crippen LogP contribution in [0.25, 0.3) is 0 Å². The molecule has 0 heterocycles. The normalized spacial score (nSPS) is 59.2. The van der Waals surface area contributed by atoms with E-state index in [1.165, 1.54) is 12.8 Å². The molecule has 0 N–H and O–H groups in total. The van der Waals surface area contributed by atoms with E-state index in [-0.39, 0.29) is 0 Å².